The molecule has 106 valence electrons. The molecule has 19 heavy (non-hydrogen) atoms. The Labute approximate surface area is 113 Å². The van der Waals surface area contributed by atoms with Crippen molar-refractivity contribution in [2.45, 2.75) is 12.8 Å². The molecule has 0 aliphatic carbocycles. The molecule has 0 atom stereocenters. The van der Waals surface area contributed by atoms with E-state index in [9.17, 15) is 4.79 Å². The Balaban J connectivity index is 2.37. The van der Waals surface area contributed by atoms with Gasteiger partial charge in [0.25, 0.3) is 0 Å². The van der Waals surface area contributed by atoms with Gasteiger partial charge >= 0.3 is 6.03 Å². The van der Waals surface area contributed by atoms with Crippen LogP contribution in [0, 0.1) is 0 Å². The second-order valence-electron chi connectivity index (χ2n) is 3.78. The van der Waals surface area contributed by atoms with E-state index >= 15 is 0 Å². The number of hydrogen-bond acceptors (Lipinski definition) is 4. The van der Waals surface area contributed by atoms with E-state index in [4.69, 9.17) is 14.2 Å². The molecule has 0 saturated carbocycles. The van der Waals surface area contributed by atoms with Crippen molar-refractivity contribution < 1.29 is 19.0 Å². The summed E-state index contributed by atoms with van der Waals surface area (Å²) in [6.45, 7) is 0.672. The molecule has 0 fully saturated rings. The highest BCUT2D eigenvalue weighted by Gasteiger charge is 2.08. The van der Waals surface area contributed by atoms with Gasteiger partial charge in [-0.1, -0.05) is 18.2 Å². The zero-order chi connectivity index (χ0) is 14.1. The van der Waals surface area contributed by atoms with E-state index in [1.807, 2.05) is 24.3 Å². The molecule has 2 N–H and O–H groups in total. The smallest absolute Gasteiger partial charge is 0.315 e. The second-order valence-corrected chi connectivity index (χ2v) is 3.78. The Kier molecular flexibility index (Phi) is 6.70. The Morgan fingerprint density at radius 1 is 1.16 bits per heavy atom. The molecule has 0 spiro atoms. The van der Waals surface area contributed by atoms with Gasteiger partial charge in [0.15, 0.2) is 6.29 Å². The summed E-state index contributed by atoms with van der Waals surface area (Å²) in [5.41, 5.74) is 0.912. The number of rotatable bonds is 7. The van der Waals surface area contributed by atoms with E-state index in [0.29, 0.717) is 6.54 Å². The molecule has 2 amide bonds. The molecule has 0 aliphatic rings. The van der Waals surface area contributed by atoms with Gasteiger partial charge in [0, 0.05) is 26.3 Å². The van der Waals surface area contributed by atoms with Crippen molar-refractivity contribution in [3.05, 3.63) is 29.8 Å². The molecule has 0 saturated heterocycles. The molecule has 0 aromatic heterocycles. The molecule has 1 aromatic carbocycles. The van der Waals surface area contributed by atoms with Gasteiger partial charge in [-0.3, -0.25) is 0 Å². The van der Waals surface area contributed by atoms with Crippen LogP contribution < -0.4 is 15.4 Å². The number of benzene rings is 1. The van der Waals surface area contributed by atoms with Crippen molar-refractivity contribution >= 4 is 6.03 Å². The molecule has 0 aliphatic heterocycles. The first kappa shape index (κ1) is 15.3. The number of para-hydroxylation sites is 1. The van der Waals surface area contributed by atoms with E-state index in [1.165, 1.54) is 14.2 Å². The zero-order valence-electron chi connectivity index (χ0n) is 11.4. The Bertz CT molecular complexity index is 394. The van der Waals surface area contributed by atoms with Crippen LogP contribution in [0.4, 0.5) is 4.79 Å². The number of carbonyl (C=O) groups is 1. The number of urea groups is 1. The fraction of sp³-hybridized carbons (Fsp3) is 0.462. The molecule has 6 heteroatoms. The standard InChI is InChI=1S/C13H20N2O4/c1-17-11-7-5-4-6-10(11)8-14-13(16)15-9-12(18-2)19-3/h4-7,12H,8-9H2,1-3H3,(H2,14,15,16). The van der Waals surface area contributed by atoms with Crippen LogP contribution in [0.1, 0.15) is 5.56 Å². The van der Waals surface area contributed by atoms with Crippen LogP contribution in [0.2, 0.25) is 0 Å². The van der Waals surface area contributed by atoms with Crippen molar-refractivity contribution in [2.75, 3.05) is 27.9 Å². The predicted molar refractivity (Wildman–Crippen MR) is 71.0 cm³/mol. The molecular weight excluding hydrogens is 248 g/mol. The Morgan fingerprint density at radius 3 is 2.47 bits per heavy atom. The van der Waals surface area contributed by atoms with Crippen LogP contribution in [0.5, 0.6) is 5.75 Å². The lowest BCUT2D eigenvalue weighted by Gasteiger charge is -2.15. The molecule has 1 rings (SSSR count). The van der Waals surface area contributed by atoms with Crippen LogP contribution in [0.25, 0.3) is 0 Å². The summed E-state index contributed by atoms with van der Waals surface area (Å²) in [4.78, 5) is 11.6. The summed E-state index contributed by atoms with van der Waals surface area (Å²) < 4.78 is 15.1. The second kappa shape index (κ2) is 8.34. The van der Waals surface area contributed by atoms with Gasteiger partial charge in [0.1, 0.15) is 5.75 Å². The lowest BCUT2D eigenvalue weighted by atomic mass is 10.2. The van der Waals surface area contributed by atoms with Crippen LogP contribution in [0.15, 0.2) is 24.3 Å². The first-order valence-electron chi connectivity index (χ1n) is 5.90. The van der Waals surface area contributed by atoms with Gasteiger partial charge in [0.05, 0.1) is 13.7 Å². The van der Waals surface area contributed by atoms with E-state index in [1.54, 1.807) is 7.11 Å². The number of hydrogen-bond donors (Lipinski definition) is 2. The topological polar surface area (TPSA) is 68.8 Å². The molecule has 6 nitrogen and oxygen atoms in total. The van der Waals surface area contributed by atoms with Gasteiger partial charge in [-0.15, -0.1) is 0 Å². The van der Waals surface area contributed by atoms with Crippen molar-refractivity contribution in [1.29, 1.82) is 0 Å². The largest absolute Gasteiger partial charge is 0.496 e. The fourth-order valence-corrected chi connectivity index (χ4v) is 1.53. The number of carbonyl (C=O) groups excluding carboxylic acids is 1. The van der Waals surface area contributed by atoms with Crippen LogP contribution in [-0.4, -0.2) is 40.2 Å². The third-order valence-corrected chi connectivity index (χ3v) is 2.59. The highest BCUT2D eigenvalue weighted by Crippen LogP contribution is 2.16. The van der Waals surface area contributed by atoms with E-state index in [2.05, 4.69) is 10.6 Å². The summed E-state index contributed by atoms with van der Waals surface area (Å²) >= 11 is 0. The summed E-state index contributed by atoms with van der Waals surface area (Å²) in [5, 5.41) is 5.39. The molecule has 0 unspecified atom stereocenters. The molecule has 0 radical (unpaired) electrons. The Morgan fingerprint density at radius 2 is 1.84 bits per heavy atom. The average molecular weight is 268 g/mol. The first-order valence-corrected chi connectivity index (χ1v) is 5.90. The lowest BCUT2D eigenvalue weighted by molar-refractivity contribution is -0.0971. The van der Waals surface area contributed by atoms with Crippen molar-refractivity contribution in [2.24, 2.45) is 0 Å². The predicted octanol–water partition coefficient (Wildman–Crippen LogP) is 1.11. The van der Waals surface area contributed by atoms with Crippen LogP contribution >= 0.6 is 0 Å². The van der Waals surface area contributed by atoms with E-state index in [0.717, 1.165) is 11.3 Å². The summed E-state index contributed by atoms with van der Waals surface area (Å²) in [6, 6.07) is 7.23. The monoisotopic (exact) mass is 268 g/mol. The fourth-order valence-electron chi connectivity index (χ4n) is 1.53. The number of nitrogens with one attached hydrogen (secondary N) is 2. The maximum Gasteiger partial charge on any atom is 0.315 e. The summed E-state index contributed by atoms with van der Waals surface area (Å²) in [5.74, 6) is 0.745. The van der Waals surface area contributed by atoms with Gasteiger partial charge in [-0.2, -0.15) is 0 Å². The maximum absolute atomic E-state index is 11.6. The number of methoxy groups -OCH3 is 3. The van der Waals surface area contributed by atoms with Gasteiger partial charge in [-0.05, 0) is 6.07 Å². The minimum atomic E-state index is -0.447. The lowest BCUT2D eigenvalue weighted by Crippen LogP contribution is -2.40. The maximum atomic E-state index is 11.6. The minimum absolute atomic E-state index is 0.282. The quantitative estimate of drug-likeness (QED) is 0.727. The third-order valence-electron chi connectivity index (χ3n) is 2.59. The Hall–Kier alpha value is -1.79. The SMILES string of the molecule is COc1ccccc1CNC(=O)NCC(OC)OC. The highest BCUT2D eigenvalue weighted by molar-refractivity contribution is 5.73. The van der Waals surface area contributed by atoms with E-state index < -0.39 is 6.29 Å². The normalized spacial score (nSPS) is 10.3. The average Bonchev–Trinajstić information content (AvgIpc) is 2.46. The molecule has 1 aromatic rings. The van der Waals surface area contributed by atoms with Crippen molar-refractivity contribution in [1.82, 2.24) is 10.6 Å². The molecular formula is C13H20N2O4. The number of ether oxygens (including phenoxy) is 3. The van der Waals surface area contributed by atoms with Gasteiger partial charge < -0.3 is 24.8 Å². The van der Waals surface area contributed by atoms with Crippen molar-refractivity contribution in [3.8, 4) is 5.75 Å². The minimum Gasteiger partial charge on any atom is -0.496 e. The van der Waals surface area contributed by atoms with Crippen molar-refractivity contribution in [3.63, 3.8) is 0 Å². The van der Waals surface area contributed by atoms with Crippen LogP contribution in [0.3, 0.4) is 0 Å². The molecule has 0 bridgehead atoms. The third kappa shape index (κ3) is 5.15. The summed E-state index contributed by atoms with van der Waals surface area (Å²) in [6.07, 6.45) is -0.447. The summed E-state index contributed by atoms with van der Waals surface area (Å²) in [7, 11) is 4.63. The number of amides is 2. The van der Waals surface area contributed by atoms with Crippen LogP contribution in [-0.2, 0) is 16.0 Å². The first-order chi connectivity index (χ1) is 9.21. The molecule has 0 heterocycles. The van der Waals surface area contributed by atoms with E-state index in [-0.39, 0.29) is 12.6 Å². The van der Waals surface area contributed by atoms with Gasteiger partial charge in [0.2, 0.25) is 0 Å². The van der Waals surface area contributed by atoms with Gasteiger partial charge in [-0.25, -0.2) is 4.79 Å². The highest BCUT2D eigenvalue weighted by atomic mass is 16.7. The zero-order valence-corrected chi connectivity index (χ0v) is 11.4.